The highest BCUT2D eigenvalue weighted by Crippen LogP contribution is 2.17. The van der Waals surface area contributed by atoms with E-state index in [1.807, 2.05) is 24.3 Å². The second kappa shape index (κ2) is 7.68. The third-order valence-electron chi connectivity index (χ3n) is 3.26. The summed E-state index contributed by atoms with van der Waals surface area (Å²) in [5.74, 6) is 0. The number of hydrogen-bond acceptors (Lipinski definition) is 4. The molecule has 1 unspecified atom stereocenters. The van der Waals surface area contributed by atoms with Gasteiger partial charge in [0.15, 0.2) is 6.29 Å². The van der Waals surface area contributed by atoms with Gasteiger partial charge in [0.05, 0.1) is 17.9 Å². The number of nitrogen functional groups attached to an aromatic ring is 1. The summed E-state index contributed by atoms with van der Waals surface area (Å²) < 4.78 is 11.1. The van der Waals surface area contributed by atoms with Crippen LogP contribution in [-0.4, -0.2) is 19.5 Å². The average Bonchev–Trinajstić information content (AvgIpc) is 2.48. The fourth-order valence-corrected chi connectivity index (χ4v) is 2.18. The van der Waals surface area contributed by atoms with Gasteiger partial charge in [-0.15, -0.1) is 0 Å². The normalized spacial score (nSPS) is 19.1. The van der Waals surface area contributed by atoms with Crippen molar-refractivity contribution in [3.05, 3.63) is 35.4 Å². The van der Waals surface area contributed by atoms with Gasteiger partial charge >= 0.3 is 0 Å². The van der Waals surface area contributed by atoms with Gasteiger partial charge < -0.3 is 15.2 Å². The lowest BCUT2D eigenvalue weighted by atomic mass is 10.1. The van der Waals surface area contributed by atoms with Crippen LogP contribution in [0.1, 0.15) is 36.8 Å². The summed E-state index contributed by atoms with van der Waals surface area (Å²) in [6.07, 6.45) is 7.95. The van der Waals surface area contributed by atoms with Gasteiger partial charge in [-0.3, -0.25) is 0 Å². The third kappa shape index (κ3) is 4.09. The van der Waals surface area contributed by atoms with Crippen molar-refractivity contribution in [1.82, 2.24) is 0 Å². The minimum absolute atomic E-state index is 0.0424. The maximum atomic E-state index is 9.07. The van der Waals surface area contributed by atoms with E-state index >= 15 is 0 Å². The van der Waals surface area contributed by atoms with Crippen LogP contribution in [-0.2, 0) is 9.47 Å². The largest absolute Gasteiger partial charge is 0.398 e. The van der Waals surface area contributed by atoms with Crippen LogP contribution < -0.4 is 5.73 Å². The van der Waals surface area contributed by atoms with E-state index in [2.05, 4.69) is 6.07 Å². The lowest BCUT2D eigenvalue weighted by Gasteiger charge is -2.22. The standard InChI is InChI=1S/C16H20N2O2/c17-12-14-13(7-5-8-15(14)18)6-1-3-10-19-16-9-2-4-11-20-16/h1,5-8,16H,2-4,9-11,18H2/b6-1+. The molecule has 1 aliphatic rings. The Morgan fingerprint density at radius 3 is 3.10 bits per heavy atom. The molecule has 106 valence electrons. The molecular formula is C16H20N2O2. The lowest BCUT2D eigenvalue weighted by molar-refractivity contribution is -0.161. The summed E-state index contributed by atoms with van der Waals surface area (Å²) >= 11 is 0. The summed E-state index contributed by atoms with van der Waals surface area (Å²) in [5.41, 5.74) is 7.65. The Labute approximate surface area is 119 Å². The minimum atomic E-state index is -0.0424. The molecule has 2 N–H and O–H groups in total. The molecule has 1 fully saturated rings. The van der Waals surface area contributed by atoms with Crippen molar-refractivity contribution in [3.8, 4) is 6.07 Å². The fraction of sp³-hybridized carbons (Fsp3) is 0.438. The number of hydrogen-bond donors (Lipinski definition) is 1. The van der Waals surface area contributed by atoms with Gasteiger partial charge in [-0.05, 0) is 37.3 Å². The van der Waals surface area contributed by atoms with Crippen molar-refractivity contribution in [2.24, 2.45) is 0 Å². The van der Waals surface area contributed by atoms with E-state index in [-0.39, 0.29) is 6.29 Å². The second-order valence-electron chi connectivity index (χ2n) is 4.78. The predicted octanol–water partition coefficient (Wildman–Crippen LogP) is 3.09. The second-order valence-corrected chi connectivity index (χ2v) is 4.78. The van der Waals surface area contributed by atoms with Crippen LogP contribution in [0.15, 0.2) is 24.3 Å². The number of benzene rings is 1. The zero-order valence-electron chi connectivity index (χ0n) is 11.5. The Morgan fingerprint density at radius 2 is 2.35 bits per heavy atom. The van der Waals surface area contributed by atoms with Crippen LogP contribution in [0, 0.1) is 11.3 Å². The predicted molar refractivity (Wildman–Crippen MR) is 78.8 cm³/mol. The zero-order valence-corrected chi connectivity index (χ0v) is 11.5. The number of rotatable bonds is 5. The molecule has 2 rings (SSSR count). The van der Waals surface area contributed by atoms with Gasteiger partial charge in [-0.2, -0.15) is 5.26 Å². The van der Waals surface area contributed by atoms with Gasteiger partial charge in [-0.1, -0.05) is 24.3 Å². The van der Waals surface area contributed by atoms with Crippen LogP contribution in [0.2, 0.25) is 0 Å². The van der Waals surface area contributed by atoms with Crippen molar-refractivity contribution in [2.75, 3.05) is 18.9 Å². The Kier molecular flexibility index (Phi) is 5.60. The molecule has 4 heteroatoms. The van der Waals surface area contributed by atoms with Crippen LogP contribution in [0.25, 0.3) is 6.08 Å². The van der Waals surface area contributed by atoms with Crippen molar-refractivity contribution in [3.63, 3.8) is 0 Å². The SMILES string of the molecule is N#Cc1c(N)cccc1/C=C/CCOC1CCCCO1. The number of ether oxygens (including phenoxy) is 2. The Balaban J connectivity index is 1.79. The highest BCUT2D eigenvalue weighted by atomic mass is 16.7. The summed E-state index contributed by atoms with van der Waals surface area (Å²) in [6, 6.07) is 7.60. The van der Waals surface area contributed by atoms with Crippen LogP contribution >= 0.6 is 0 Å². The Hall–Kier alpha value is -1.83. The first-order valence-corrected chi connectivity index (χ1v) is 6.99. The highest BCUT2D eigenvalue weighted by molar-refractivity contribution is 5.67. The summed E-state index contributed by atoms with van der Waals surface area (Å²) in [7, 11) is 0. The molecule has 20 heavy (non-hydrogen) atoms. The summed E-state index contributed by atoms with van der Waals surface area (Å²) in [6.45, 7) is 1.43. The molecule has 4 nitrogen and oxygen atoms in total. The zero-order chi connectivity index (χ0) is 14.2. The van der Waals surface area contributed by atoms with E-state index in [4.69, 9.17) is 20.5 Å². The molecule has 0 spiro atoms. The Bertz CT molecular complexity index is 500. The molecule has 0 aliphatic carbocycles. The molecule has 0 aromatic heterocycles. The first kappa shape index (κ1) is 14.6. The van der Waals surface area contributed by atoms with Gasteiger partial charge in [0.2, 0.25) is 0 Å². The van der Waals surface area contributed by atoms with Crippen molar-refractivity contribution in [1.29, 1.82) is 5.26 Å². The molecule has 0 amide bonds. The summed E-state index contributed by atoms with van der Waals surface area (Å²) in [4.78, 5) is 0. The van der Waals surface area contributed by atoms with E-state index in [1.165, 1.54) is 6.42 Å². The number of anilines is 1. The van der Waals surface area contributed by atoms with E-state index in [9.17, 15) is 0 Å². The monoisotopic (exact) mass is 272 g/mol. The molecule has 1 atom stereocenters. The molecule has 1 aromatic rings. The van der Waals surface area contributed by atoms with Crippen molar-refractivity contribution >= 4 is 11.8 Å². The van der Waals surface area contributed by atoms with Crippen molar-refractivity contribution < 1.29 is 9.47 Å². The quantitative estimate of drug-likeness (QED) is 0.660. The number of nitriles is 1. The number of nitrogens with zero attached hydrogens (tertiary/aromatic N) is 1. The van der Waals surface area contributed by atoms with E-state index in [0.717, 1.165) is 31.4 Å². The third-order valence-corrected chi connectivity index (χ3v) is 3.26. The van der Waals surface area contributed by atoms with Crippen LogP contribution in [0.3, 0.4) is 0 Å². The fourth-order valence-electron chi connectivity index (χ4n) is 2.18. The molecule has 0 saturated carbocycles. The van der Waals surface area contributed by atoms with Crippen molar-refractivity contribution in [2.45, 2.75) is 32.0 Å². The van der Waals surface area contributed by atoms with Crippen LogP contribution in [0.5, 0.6) is 0 Å². The maximum absolute atomic E-state index is 9.07. The minimum Gasteiger partial charge on any atom is -0.398 e. The molecule has 1 heterocycles. The maximum Gasteiger partial charge on any atom is 0.157 e. The molecular weight excluding hydrogens is 252 g/mol. The summed E-state index contributed by atoms with van der Waals surface area (Å²) in [5, 5.41) is 9.07. The first-order chi connectivity index (χ1) is 9.81. The number of nitrogens with two attached hydrogens (primary N) is 1. The van der Waals surface area contributed by atoms with E-state index in [1.54, 1.807) is 6.07 Å². The smallest absolute Gasteiger partial charge is 0.157 e. The van der Waals surface area contributed by atoms with Crippen LogP contribution in [0.4, 0.5) is 5.69 Å². The molecule has 1 aliphatic heterocycles. The van der Waals surface area contributed by atoms with Gasteiger partial charge in [0.1, 0.15) is 6.07 Å². The van der Waals surface area contributed by atoms with Gasteiger partial charge in [-0.25, -0.2) is 0 Å². The van der Waals surface area contributed by atoms with Gasteiger partial charge in [0.25, 0.3) is 0 Å². The lowest BCUT2D eigenvalue weighted by Crippen LogP contribution is -2.22. The topological polar surface area (TPSA) is 68.3 Å². The average molecular weight is 272 g/mol. The van der Waals surface area contributed by atoms with E-state index in [0.29, 0.717) is 17.9 Å². The molecule has 0 radical (unpaired) electrons. The molecule has 0 bridgehead atoms. The van der Waals surface area contributed by atoms with Gasteiger partial charge in [0, 0.05) is 6.61 Å². The molecule has 1 aromatic carbocycles. The Morgan fingerprint density at radius 1 is 1.45 bits per heavy atom. The van der Waals surface area contributed by atoms with E-state index < -0.39 is 0 Å². The molecule has 1 saturated heterocycles. The first-order valence-electron chi connectivity index (χ1n) is 6.99. The highest BCUT2D eigenvalue weighted by Gasteiger charge is 2.12.